The van der Waals surface area contributed by atoms with Gasteiger partial charge < -0.3 is 9.80 Å². The Kier molecular flexibility index (Phi) is 4.16. The molecular formula is C17H23N3O2. The molecule has 2 fully saturated rings. The Balaban J connectivity index is 1.78. The molecule has 2 amide bonds. The van der Waals surface area contributed by atoms with Crippen LogP contribution in [-0.2, 0) is 9.59 Å². The smallest absolute Gasteiger partial charge is 0.236 e. The molecule has 5 heteroatoms. The normalized spacial score (nSPS) is 25.2. The molecule has 5 nitrogen and oxygen atoms in total. The molecule has 0 bridgehead atoms. The fraction of sp³-hybridized carbons (Fsp3) is 0.529. The second-order valence-corrected chi connectivity index (χ2v) is 6.32. The number of carbonyl (C=O) groups is 2. The van der Waals surface area contributed by atoms with Crippen molar-refractivity contribution >= 4 is 17.5 Å². The Morgan fingerprint density at radius 2 is 1.91 bits per heavy atom. The lowest BCUT2D eigenvalue weighted by Crippen LogP contribution is -2.53. The van der Waals surface area contributed by atoms with Crippen molar-refractivity contribution in [2.24, 2.45) is 0 Å². The molecule has 0 unspecified atom stereocenters. The highest BCUT2D eigenvalue weighted by atomic mass is 16.2. The molecule has 0 aliphatic carbocycles. The molecule has 3 rings (SSSR count). The summed E-state index contributed by atoms with van der Waals surface area (Å²) in [4.78, 5) is 30.2. The fourth-order valence-corrected chi connectivity index (χ4v) is 3.59. The van der Waals surface area contributed by atoms with Crippen molar-refractivity contribution in [1.82, 2.24) is 9.80 Å². The van der Waals surface area contributed by atoms with E-state index in [2.05, 4.69) is 4.90 Å². The number of nitrogens with zero attached hydrogens (tertiary/aromatic N) is 3. The van der Waals surface area contributed by atoms with Crippen molar-refractivity contribution in [2.75, 3.05) is 32.1 Å². The van der Waals surface area contributed by atoms with Gasteiger partial charge in [-0.3, -0.25) is 14.5 Å². The summed E-state index contributed by atoms with van der Waals surface area (Å²) in [7, 11) is 3.58. The number of fused-ring (bicyclic) bond motifs is 1. The van der Waals surface area contributed by atoms with Crippen molar-refractivity contribution in [2.45, 2.75) is 31.3 Å². The Labute approximate surface area is 131 Å². The summed E-state index contributed by atoms with van der Waals surface area (Å²) in [6.07, 6.45) is 2.35. The number of anilines is 1. The van der Waals surface area contributed by atoms with Crippen LogP contribution in [0.2, 0.25) is 0 Å². The highest BCUT2D eigenvalue weighted by molar-refractivity contribution is 5.95. The number of rotatable bonds is 3. The minimum Gasteiger partial charge on any atom is -0.348 e. The molecule has 0 spiro atoms. The van der Waals surface area contributed by atoms with Gasteiger partial charge in [-0.05, 0) is 25.0 Å². The maximum absolute atomic E-state index is 12.4. The maximum Gasteiger partial charge on any atom is 0.236 e. The first-order valence-corrected chi connectivity index (χ1v) is 7.89. The summed E-state index contributed by atoms with van der Waals surface area (Å²) in [5, 5.41) is 0. The van der Waals surface area contributed by atoms with E-state index < -0.39 is 0 Å². The second-order valence-electron chi connectivity index (χ2n) is 6.32. The van der Waals surface area contributed by atoms with Crippen LogP contribution < -0.4 is 4.90 Å². The van der Waals surface area contributed by atoms with E-state index in [0.717, 1.165) is 25.1 Å². The van der Waals surface area contributed by atoms with Crippen molar-refractivity contribution in [3.63, 3.8) is 0 Å². The number of carbonyl (C=O) groups excluding carboxylic acids is 2. The van der Waals surface area contributed by atoms with E-state index >= 15 is 0 Å². The van der Waals surface area contributed by atoms with Crippen LogP contribution in [0.5, 0.6) is 0 Å². The van der Waals surface area contributed by atoms with E-state index in [1.165, 1.54) is 0 Å². The van der Waals surface area contributed by atoms with Crippen LogP contribution in [0.25, 0.3) is 0 Å². The molecule has 2 aliphatic rings. The van der Waals surface area contributed by atoms with Crippen molar-refractivity contribution < 1.29 is 9.59 Å². The second kappa shape index (κ2) is 6.08. The lowest BCUT2D eigenvalue weighted by molar-refractivity contribution is -0.130. The Morgan fingerprint density at radius 1 is 1.18 bits per heavy atom. The number of likely N-dealkylation sites (N-methyl/N-ethyl adjacent to an activating group) is 1. The van der Waals surface area contributed by atoms with Gasteiger partial charge in [0.1, 0.15) is 0 Å². The third-order valence-corrected chi connectivity index (χ3v) is 4.75. The molecule has 118 valence electrons. The lowest BCUT2D eigenvalue weighted by Gasteiger charge is -2.39. The number of para-hydroxylation sites is 1. The molecule has 2 saturated heterocycles. The van der Waals surface area contributed by atoms with Crippen LogP contribution in [0.4, 0.5) is 5.69 Å². The third-order valence-electron chi connectivity index (χ3n) is 4.75. The van der Waals surface area contributed by atoms with Gasteiger partial charge >= 0.3 is 0 Å². The zero-order valence-electron chi connectivity index (χ0n) is 13.2. The predicted octanol–water partition coefficient (Wildman–Crippen LogP) is 1.34. The van der Waals surface area contributed by atoms with E-state index in [1.54, 1.807) is 19.0 Å². The van der Waals surface area contributed by atoms with Gasteiger partial charge in [0.05, 0.1) is 12.6 Å². The molecule has 22 heavy (non-hydrogen) atoms. The molecule has 2 atom stereocenters. The minimum atomic E-state index is 0.129. The van der Waals surface area contributed by atoms with Gasteiger partial charge in [0, 0.05) is 38.8 Å². The number of hydrogen-bond acceptors (Lipinski definition) is 3. The fourth-order valence-electron chi connectivity index (χ4n) is 3.59. The molecule has 1 aromatic rings. The summed E-state index contributed by atoms with van der Waals surface area (Å²) < 4.78 is 0. The average molecular weight is 301 g/mol. The molecule has 0 radical (unpaired) electrons. The lowest BCUT2D eigenvalue weighted by atomic mass is 9.95. The van der Waals surface area contributed by atoms with Crippen LogP contribution in [0, 0.1) is 0 Å². The summed E-state index contributed by atoms with van der Waals surface area (Å²) in [5.74, 6) is 0.331. The molecule has 0 aromatic heterocycles. The largest absolute Gasteiger partial charge is 0.348 e. The first-order chi connectivity index (χ1) is 10.6. The van der Waals surface area contributed by atoms with E-state index in [0.29, 0.717) is 19.0 Å². The monoisotopic (exact) mass is 301 g/mol. The van der Waals surface area contributed by atoms with Crippen LogP contribution in [0.3, 0.4) is 0 Å². The highest BCUT2D eigenvalue weighted by Crippen LogP contribution is 2.34. The number of piperidine rings is 1. The maximum atomic E-state index is 12.4. The van der Waals surface area contributed by atoms with Gasteiger partial charge in [0.15, 0.2) is 0 Å². The molecular weight excluding hydrogens is 278 g/mol. The predicted molar refractivity (Wildman–Crippen MR) is 85.6 cm³/mol. The molecule has 1 aromatic carbocycles. The summed E-state index contributed by atoms with van der Waals surface area (Å²) in [6.45, 7) is 1.33. The number of hydrogen-bond donors (Lipinski definition) is 0. The van der Waals surface area contributed by atoms with Crippen LogP contribution in [-0.4, -0.2) is 60.9 Å². The summed E-state index contributed by atoms with van der Waals surface area (Å²) >= 11 is 0. The highest BCUT2D eigenvalue weighted by Gasteiger charge is 2.44. The standard InChI is InChI=1S/C17H23N3O2/c1-18(2)17(22)12-19-11-10-15-14(19)8-9-16(21)20(15)13-6-4-3-5-7-13/h3-7,14-15H,8-12H2,1-2H3/t14-,15-/m1/s1. The van der Waals surface area contributed by atoms with Gasteiger partial charge in [-0.2, -0.15) is 0 Å². The van der Waals surface area contributed by atoms with E-state index in [-0.39, 0.29) is 17.9 Å². The molecule has 2 heterocycles. The third kappa shape index (κ3) is 2.73. The Bertz CT molecular complexity index is 558. The van der Waals surface area contributed by atoms with Gasteiger partial charge in [0.2, 0.25) is 11.8 Å². The van der Waals surface area contributed by atoms with Gasteiger partial charge in [-0.25, -0.2) is 0 Å². The molecule has 0 N–H and O–H groups in total. The van der Waals surface area contributed by atoms with Gasteiger partial charge in [-0.1, -0.05) is 18.2 Å². The van der Waals surface area contributed by atoms with E-state index in [4.69, 9.17) is 0 Å². The minimum absolute atomic E-state index is 0.129. The molecule has 0 saturated carbocycles. The average Bonchev–Trinajstić information content (AvgIpc) is 2.90. The molecule has 2 aliphatic heterocycles. The summed E-state index contributed by atoms with van der Waals surface area (Å²) in [6, 6.07) is 10.4. The first-order valence-electron chi connectivity index (χ1n) is 7.89. The summed E-state index contributed by atoms with van der Waals surface area (Å²) in [5.41, 5.74) is 0.975. The topological polar surface area (TPSA) is 43.9 Å². The SMILES string of the molecule is CN(C)C(=O)CN1CC[C@@H]2[C@H]1CCC(=O)N2c1ccccc1. The number of likely N-dealkylation sites (tertiary alicyclic amines) is 1. The van der Waals surface area contributed by atoms with Crippen LogP contribution >= 0.6 is 0 Å². The Morgan fingerprint density at radius 3 is 2.59 bits per heavy atom. The van der Waals surface area contributed by atoms with Gasteiger partial charge in [-0.15, -0.1) is 0 Å². The van der Waals surface area contributed by atoms with E-state index in [9.17, 15) is 9.59 Å². The number of amides is 2. The Hall–Kier alpha value is -1.88. The zero-order chi connectivity index (χ0) is 15.7. The quantitative estimate of drug-likeness (QED) is 0.846. The van der Waals surface area contributed by atoms with Crippen molar-refractivity contribution in [3.8, 4) is 0 Å². The van der Waals surface area contributed by atoms with E-state index in [1.807, 2.05) is 35.2 Å². The van der Waals surface area contributed by atoms with Crippen molar-refractivity contribution in [3.05, 3.63) is 30.3 Å². The number of benzene rings is 1. The zero-order valence-corrected chi connectivity index (χ0v) is 13.2. The van der Waals surface area contributed by atoms with Crippen molar-refractivity contribution in [1.29, 1.82) is 0 Å². The van der Waals surface area contributed by atoms with Crippen LogP contribution in [0.15, 0.2) is 30.3 Å². The first kappa shape index (κ1) is 15.0. The van der Waals surface area contributed by atoms with Crippen LogP contribution in [0.1, 0.15) is 19.3 Å². The van der Waals surface area contributed by atoms with Gasteiger partial charge in [0.25, 0.3) is 0 Å².